The number of rotatable bonds is 4. The highest BCUT2D eigenvalue weighted by atomic mass is 16.5. The van der Waals surface area contributed by atoms with E-state index in [2.05, 4.69) is 9.97 Å². The molecule has 0 aliphatic carbocycles. The maximum absolute atomic E-state index is 10.5. The third-order valence-corrected chi connectivity index (χ3v) is 2.36. The summed E-state index contributed by atoms with van der Waals surface area (Å²) in [6, 6.07) is 7.74. The Kier molecular flexibility index (Phi) is 3.45. The zero-order chi connectivity index (χ0) is 12.1. The van der Waals surface area contributed by atoms with Crippen LogP contribution in [0.4, 0.5) is 0 Å². The van der Waals surface area contributed by atoms with Crippen molar-refractivity contribution in [1.29, 1.82) is 0 Å². The fraction of sp³-hybridized carbons (Fsp3) is 0.154. The minimum Gasteiger partial charge on any atom is -0.497 e. The van der Waals surface area contributed by atoms with E-state index in [1.54, 1.807) is 7.11 Å². The standard InChI is InChI=1S/C13H12N2O2/c1-17-12-4-2-3-10(5-12)6-13-14-7-11(9-16)8-15-13/h2-5,7-9H,6H2,1H3. The van der Waals surface area contributed by atoms with Gasteiger partial charge in [0.25, 0.3) is 0 Å². The fourth-order valence-corrected chi connectivity index (χ4v) is 1.48. The molecule has 17 heavy (non-hydrogen) atoms. The second-order valence-electron chi connectivity index (χ2n) is 3.58. The Morgan fingerprint density at radius 2 is 2.06 bits per heavy atom. The van der Waals surface area contributed by atoms with Crippen LogP contribution in [0.1, 0.15) is 21.7 Å². The molecule has 0 saturated heterocycles. The number of aldehydes is 1. The van der Waals surface area contributed by atoms with E-state index in [1.807, 2.05) is 24.3 Å². The molecule has 0 amide bonds. The van der Waals surface area contributed by atoms with E-state index in [9.17, 15) is 4.79 Å². The summed E-state index contributed by atoms with van der Waals surface area (Å²) >= 11 is 0. The Hall–Kier alpha value is -2.23. The molecular weight excluding hydrogens is 216 g/mol. The number of nitrogens with zero attached hydrogens (tertiary/aromatic N) is 2. The molecule has 1 aromatic heterocycles. The van der Waals surface area contributed by atoms with Gasteiger partial charge in [-0.05, 0) is 17.7 Å². The highest BCUT2D eigenvalue weighted by Gasteiger charge is 2.01. The molecule has 0 radical (unpaired) electrons. The van der Waals surface area contributed by atoms with Crippen LogP contribution in [0.2, 0.25) is 0 Å². The third kappa shape index (κ3) is 2.87. The van der Waals surface area contributed by atoms with Crippen molar-refractivity contribution >= 4 is 6.29 Å². The second kappa shape index (κ2) is 5.21. The van der Waals surface area contributed by atoms with Crippen LogP contribution in [0.5, 0.6) is 5.75 Å². The molecule has 1 aromatic carbocycles. The maximum Gasteiger partial charge on any atom is 0.153 e. The molecule has 0 N–H and O–H groups in total. The Balaban J connectivity index is 2.15. The topological polar surface area (TPSA) is 52.1 Å². The van der Waals surface area contributed by atoms with Crippen molar-refractivity contribution in [3.63, 3.8) is 0 Å². The van der Waals surface area contributed by atoms with Crippen molar-refractivity contribution in [3.8, 4) is 5.75 Å². The summed E-state index contributed by atoms with van der Waals surface area (Å²) in [6.45, 7) is 0. The normalized spacial score (nSPS) is 9.94. The van der Waals surface area contributed by atoms with Gasteiger partial charge in [0.05, 0.1) is 12.7 Å². The number of methoxy groups -OCH3 is 1. The van der Waals surface area contributed by atoms with Crippen LogP contribution in [0.3, 0.4) is 0 Å². The Bertz CT molecular complexity index is 509. The summed E-state index contributed by atoms with van der Waals surface area (Å²) in [5.41, 5.74) is 1.56. The number of carbonyl (C=O) groups is 1. The molecular formula is C13H12N2O2. The first-order valence-electron chi connectivity index (χ1n) is 5.21. The first-order chi connectivity index (χ1) is 8.31. The van der Waals surface area contributed by atoms with Crippen molar-refractivity contribution in [2.24, 2.45) is 0 Å². The summed E-state index contributed by atoms with van der Waals surface area (Å²) < 4.78 is 5.14. The molecule has 0 fully saturated rings. The molecule has 0 bridgehead atoms. The lowest BCUT2D eigenvalue weighted by molar-refractivity contribution is 0.112. The average molecular weight is 228 g/mol. The van der Waals surface area contributed by atoms with Gasteiger partial charge < -0.3 is 4.74 Å². The van der Waals surface area contributed by atoms with Crippen molar-refractivity contribution in [2.75, 3.05) is 7.11 Å². The molecule has 0 unspecified atom stereocenters. The number of hydrogen-bond acceptors (Lipinski definition) is 4. The predicted octanol–water partition coefficient (Wildman–Crippen LogP) is 1.89. The van der Waals surface area contributed by atoms with Crippen molar-refractivity contribution in [1.82, 2.24) is 9.97 Å². The van der Waals surface area contributed by atoms with E-state index in [-0.39, 0.29) is 0 Å². The lowest BCUT2D eigenvalue weighted by atomic mass is 10.1. The second-order valence-corrected chi connectivity index (χ2v) is 3.58. The number of aromatic nitrogens is 2. The summed E-state index contributed by atoms with van der Waals surface area (Å²) in [6.07, 6.45) is 4.40. The highest BCUT2D eigenvalue weighted by Crippen LogP contribution is 2.14. The minimum atomic E-state index is 0.486. The van der Waals surface area contributed by atoms with Gasteiger partial charge in [0.2, 0.25) is 0 Å². The smallest absolute Gasteiger partial charge is 0.153 e. The van der Waals surface area contributed by atoms with E-state index in [0.29, 0.717) is 17.8 Å². The van der Waals surface area contributed by atoms with E-state index in [0.717, 1.165) is 17.6 Å². The van der Waals surface area contributed by atoms with Gasteiger partial charge in [0.15, 0.2) is 6.29 Å². The van der Waals surface area contributed by atoms with Crippen LogP contribution >= 0.6 is 0 Å². The van der Waals surface area contributed by atoms with E-state index in [4.69, 9.17) is 4.74 Å². The molecule has 0 aliphatic heterocycles. The molecule has 0 saturated carbocycles. The van der Waals surface area contributed by atoms with Gasteiger partial charge in [-0.1, -0.05) is 12.1 Å². The molecule has 4 nitrogen and oxygen atoms in total. The summed E-state index contributed by atoms with van der Waals surface area (Å²) in [7, 11) is 1.63. The number of ether oxygens (including phenoxy) is 1. The highest BCUT2D eigenvalue weighted by molar-refractivity contribution is 5.73. The molecule has 0 atom stereocenters. The molecule has 86 valence electrons. The number of hydrogen-bond donors (Lipinski definition) is 0. The molecule has 4 heteroatoms. The summed E-state index contributed by atoms with van der Waals surface area (Å²) in [5.74, 6) is 1.50. The largest absolute Gasteiger partial charge is 0.497 e. The Labute approximate surface area is 99.3 Å². The molecule has 0 aliphatic rings. The van der Waals surface area contributed by atoms with Crippen LogP contribution in [0.25, 0.3) is 0 Å². The average Bonchev–Trinajstić information content (AvgIpc) is 2.40. The fourth-order valence-electron chi connectivity index (χ4n) is 1.48. The van der Waals surface area contributed by atoms with Gasteiger partial charge in [-0.25, -0.2) is 9.97 Å². The van der Waals surface area contributed by atoms with Crippen molar-refractivity contribution in [3.05, 3.63) is 53.6 Å². The van der Waals surface area contributed by atoms with Crippen LogP contribution in [-0.4, -0.2) is 23.4 Å². The molecule has 2 rings (SSSR count). The zero-order valence-corrected chi connectivity index (χ0v) is 9.46. The summed E-state index contributed by atoms with van der Waals surface area (Å²) in [5, 5.41) is 0. The zero-order valence-electron chi connectivity index (χ0n) is 9.46. The molecule has 2 aromatic rings. The lowest BCUT2D eigenvalue weighted by Gasteiger charge is -2.03. The van der Waals surface area contributed by atoms with Gasteiger partial charge in [-0.3, -0.25) is 4.79 Å². The first-order valence-corrected chi connectivity index (χ1v) is 5.21. The summed E-state index contributed by atoms with van der Waals surface area (Å²) in [4.78, 5) is 18.7. The van der Waals surface area contributed by atoms with Crippen LogP contribution < -0.4 is 4.74 Å². The Morgan fingerprint density at radius 3 is 2.71 bits per heavy atom. The SMILES string of the molecule is COc1cccc(Cc2ncc(C=O)cn2)c1. The minimum absolute atomic E-state index is 0.486. The number of benzene rings is 1. The van der Waals surface area contributed by atoms with E-state index in [1.165, 1.54) is 12.4 Å². The maximum atomic E-state index is 10.5. The van der Waals surface area contributed by atoms with Crippen LogP contribution in [-0.2, 0) is 6.42 Å². The lowest BCUT2D eigenvalue weighted by Crippen LogP contribution is -1.97. The monoisotopic (exact) mass is 228 g/mol. The van der Waals surface area contributed by atoms with Crippen LogP contribution in [0, 0.1) is 0 Å². The number of carbonyl (C=O) groups excluding carboxylic acids is 1. The quantitative estimate of drug-likeness (QED) is 0.750. The van der Waals surface area contributed by atoms with Gasteiger partial charge >= 0.3 is 0 Å². The van der Waals surface area contributed by atoms with Gasteiger partial charge in [-0.15, -0.1) is 0 Å². The van der Waals surface area contributed by atoms with Crippen molar-refractivity contribution in [2.45, 2.75) is 6.42 Å². The molecule has 1 heterocycles. The third-order valence-electron chi connectivity index (χ3n) is 2.36. The predicted molar refractivity (Wildman–Crippen MR) is 63.2 cm³/mol. The molecule has 0 spiro atoms. The van der Waals surface area contributed by atoms with Crippen molar-refractivity contribution < 1.29 is 9.53 Å². The van der Waals surface area contributed by atoms with Gasteiger partial charge in [0.1, 0.15) is 11.6 Å². The van der Waals surface area contributed by atoms with Gasteiger partial charge in [0, 0.05) is 18.8 Å². The first kappa shape index (κ1) is 11.3. The van der Waals surface area contributed by atoms with Gasteiger partial charge in [-0.2, -0.15) is 0 Å². The van der Waals surface area contributed by atoms with E-state index < -0.39 is 0 Å². The van der Waals surface area contributed by atoms with E-state index >= 15 is 0 Å². The Morgan fingerprint density at radius 1 is 1.29 bits per heavy atom. The van der Waals surface area contributed by atoms with Crippen LogP contribution in [0.15, 0.2) is 36.7 Å².